The van der Waals surface area contributed by atoms with Crippen LogP contribution in [0.5, 0.6) is 0 Å². The summed E-state index contributed by atoms with van der Waals surface area (Å²) in [7, 11) is 0. The summed E-state index contributed by atoms with van der Waals surface area (Å²) >= 11 is 1.61. The van der Waals surface area contributed by atoms with Crippen LogP contribution < -0.4 is 5.32 Å². The molecule has 0 aliphatic heterocycles. The molecule has 0 bridgehead atoms. The lowest BCUT2D eigenvalue weighted by atomic mass is 10.2. The van der Waals surface area contributed by atoms with Gasteiger partial charge in [-0.25, -0.2) is 9.97 Å². The average molecular weight is 273 g/mol. The lowest BCUT2D eigenvalue weighted by Crippen LogP contribution is -2.12. The van der Waals surface area contributed by atoms with Crippen molar-refractivity contribution in [1.82, 2.24) is 15.3 Å². The second kappa shape index (κ2) is 6.68. The number of hydrogen-bond acceptors (Lipinski definition) is 4. The molecule has 1 aromatic heterocycles. The maximum absolute atomic E-state index is 4.40. The van der Waals surface area contributed by atoms with E-state index in [4.69, 9.17) is 0 Å². The van der Waals surface area contributed by atoms with Crippen LogP contribution >= 0.6 is 11.8 Å². The van der Waals surface area contributed by atoms with Crippen molar-refractivity contribution in [3.63, 3.8) is 0 Å². The summed E-state index contributed by atoms with van der Waals surface area (Å²) in [5.41, 5.74) is 3.67. The van der Waals surface area contributed by atoms with Gasteiger partial charge in [-0.1, -0.05) is 24.6 Å². The third kappa shape index (κ3) is 4.04. The standard InChI is InChI=1S/C15H19N3S/c1-4-16-8-13-9-17-15(18-10-13)19-14-6-5-11(2)7-12(14)3/h5-7,9-10,16H,4,8H2,1-3H3. The lowest BCUT2D eigenvalue weighted by molar-refractivity contribution is 0.716. The quantitative estimate of drug-likeness (QED) is 0.848. The Labute approximate surface area is 118 Å². The first-order valence-electron chi connectivity index (χ1n) is 6.46. The van der Waals surface area contributed by atoms with Crippen molar-refractivity contribution in [2.24, 2.45) is 0 Å². The van der Waals surface area contributed by atoms with Crippen molar-refractivity contribution in [3.05, 3.63) is 47.3 Å². The Morgan fingerprint density at radius 1 is 1.16 bits per heavy atom. The first-order chi connectivity index (χ1) is 9.19. The third-order valence-electron chi connectivity index (χ3n) is 2.79. The molecule has 19 heavy (non-hydrogen) atoms. The smallest absolute Gasteiger partial charge is 0.192 e. The van der Waals surface area contributed by atoms with Gasteiger partial charge in [-0.3, -0.25) is 0 Å². The highest BCUT2D eigenvalue weighted by molar-refractivity contribution is 7.99. The summed E-state index contributed by atoms with van der Waals surface area (Å²) in [6, 6.07) is 6.43. The molecule has 100 valence electrons. The van der Waals surface area contributed by atoms with Crippen LogP contribution in [0.4, 0.5) is 0 Å². The number of aryl methyl sites for hydroxylation is 2. The van der Waals surface area contributed by atoms with Gasteiger partial charge in [0.05, 0.1) is 0 Å². The summed E-state index contributed by atoms with van der Waals surface area (Å²) in [4.78, 5) is 10.0. The number of benzene rings is 1. The van der Waals surface area contributed by atoms with Gasteiger partial charge in [-0.15, -0.1) is 0 Å². The molecule has 0 saturated heterocycles. The SMILES string of the molecule is CCNCc1cnc(Sc2ccc(C)cc2C)nc1. The second-order valence-corrected chi connectivity index (χ2v) is 5.53. The van der Waals surface area contributed by atoms with Crippen molar-refractivity contribution >= 4 is 11.8 Å². The molecule has 0 aliphatic rings. The van der Waals surface area contributed by atoms with Crippen molar-refractivity contribution in [3.8, 4) is 0 Å². The Hall–Kier alpha value is -1.39. The number of aromatic nitrogens is 2. The van der Waals surface area contributed by atoms with Gasteiger partial charge in [0.25, 0.3) is 0 Å². The molecule has 4 heteroatoms. The van der Waals surface area contributed by atoms with Gasteiger partial charge in [0, 0.05) is 29.4 Å². The third-order valence-corrected chi connectivity index (χ3v) is 3.86. The summed E-state index contributed by atoms with van der Waals surface area (Å²) in [5.74, 6) is 0. The fraction of sp³-hybridized carbons (Fsp3) is 0.333. The summed E-state index contributed by atoms with van der Waals surface area (Å²) in [5, 5.41) is 4.06. The van der Waals surface area contributed by atoms with E-state index >= 15 is 0 Å². The van der Waals surface area contributed by atoms with Crippen LogP contribution in [0.15, 0.2) is 40.6 Å². The molecule has 2 rings (SSSR count). The van der Waals surface area contributed by atoms with E-state index in [1.165, 1.54) is 16.0 Å². The van der Waals surface area contributed by atoms with Gasteiger partial charge in [0.1, 0.15) is 0 Å². The highest BCUT2D eigenvalue weighted by atomic mass is 32.2. The fourth-order valence-electron chi connectivity index (χ4n) is 1.77. The molecule has 0 amide bonds. The van der Waals surface area contributed by atoms with Crippen LogP contribution in [-0.2, 0) is 6.54 Å². The Balaban J connectivity index is 2.06. The van der Waals surface area contributed by atoms with Gasteiger partial charge in [-0.05, 0) is 43.8 Å². The van der Waals surface area contributed by atoms with Crippen LogP contribution in [0.25, 0.3) is 0 Å². The summed E-state index contributed by atoms with van der Waals surface area (Å²) in [6.07, 6.45) is 3.78. The normalized spacial score (nSPS) is 10.7. The largest absolute Gasteiger partial charge is 0.313 e. The molecule has 0 aliphatic carbocycles. The molecule has 0 spiro atoms. The number of nitrogens with one attached hydrogen (secondary N) is 1. The Morgan fingerprint density at radius 3 is 2.53 bits per heavy atom. The van der Waals surface area contributed by atoms with Crippen molar-refractivity contribution in [1.29, 1.82) is 0 Å². The van der Waals surface area contributed by atoms with E-state index in [1.54, 1.807) is 11.8 Å². The molecular formula is C15H19N3S. The molecular weight excluding hydrogens is 254 g/mol. The molecule has 2 aromatic rings. The maximum atomic E-state index is 4.40. The molecule has 3 nitrogen and oxygen atoms in total. The lowest BCUT2D eigenvalue weighted by Gasteiger charge is -2.06. The van der Waals surface area contributed by atoms with Gasteiger partial charge in [0.15, 0.2) is 5.16 Å². The number of hydrogen-bond donors (Lipinski definition) is 1. The summed E-state index contributed by atoms with van der Waals surface area (Å²) in [6.45, 7) is 8.09. The monoisotopic (exact) mass is 273 g/mol. The topological polar surface area (TPSA) is 37.8 Å². The van der Waals surface area contributed by atoms with E-state index in [0.29, 0.717) is 0 Å². The predicted octanol–water partition coefficient (Wildman–Crippen LogP) is 3.35. The Bertz CT molecular complexity index is 538. The molecule has 1 aromatic carbocycles. The Kier molecular flexibility index (Phi) is 4.93. The van der Waals surface area contributed by atoms with Gasteiger partial charge < -0.3 is 5.32 Å². The molecule has 1 N–H and O–H groups in total. The van der Waals surface area contributed by atoms with Crippen LogP contribution in [0.3, 0.4) is 0 Å². The molecule has 0 atom stereocenters. The van der Waals surface area contributed by atoms with E-state index in [0.717, 1.165) is 23.8 Å². The highest BCUT2D eigenvalue weighted by Crippen LogP contribution is 2.27. The van der Waals surface area contributed by atoms with Crippen molar-refractivity contribution in [2.75, 3.05) is 6.54 Å². The first kappa shape index (κ1) is 14.0. The Morgan fingerprint density at radius 2 is 1.89 bits per heavy atom. The average Bonchev–Trinajstić information content (AvgIpc) is 2.41. The minimum absolute atomic E-state index is 0.798. The minimum Gasteiger partial charge on any atom is -0.313 e. The van der Waals surface area contributed by atoms with Crippen molar-refractivity contribution < 1.29 is 0 Å². The van der Waals surface area contributed by atoms with E-state index in [9.17, 15) is 0 Å². The van der Waals surface area contributed by atoms with Gasteiger partial charge >= 0.3 is 0 Å². The highest BCUT2D eigenvalue weighted by Gasteiger charge is 2.04. The molecule has 0 radical (unpaired) electrons. The van der Waals surface area contributed by atoms with E-state index in [2.05, 4.69) is 54.3 Å². The zero-order chi connectivity index (χ0) is 13.7. The van der Waals surface area contributed by atoms with E-state index in [1.807, 2.05) is 12.4 Å². The fourth-order valence-corrected chi connectivity index (χ4v) is 2.53. The second-order valence-electron chi connectivity index (χ2n) is 4.53. The van der Waals surface area contributed by atoms with Crippen LogP contribution in [0.1, 0.15) is 23.6 Å². The molecule has 0 saturated carbocycles. The zero-order valence-corrected chi connectivity index (χ0v) is 12.4. The van der Waals surface area contributed by atoms with E-state index in [-0.39, 0.29) is 0 Å². The number of nitrogens with zero attached hydrogens (tertiary/aromatic N) is 2. The summed E-state index contributed by atoms with van der Waals surface area (Å²) < 4.78 is 0. The van der Waals surface area contributed by atoms with Crippen LogP contribution in [0.2, 0.25) is 0 Å². The van der Waals surface area contributed by atoms with E-state index < -0.39 is 0 Å². The zero-order valence-electron chi connectivity index (χ0n) is 11.6. The van der Waals surface area contributed by atoms with Crippen LogP contribution in [-0.4, -0.2) is 16.5 Å². The van der Waals surface area contributed by atoms with Gasteiger partial charge in [0.2, 0.25) is 0 Å². The minimum atomic E-state index is 0.798. The van der Waals surface area contributed by atoms with Crippen LogP contribution in [0, 0.1) is 13.8 Å². The molecule has 0 unspecified atom stereocenters. The first-order valence-corrected chi connectivity index (χ1v) is 7.27. The molecule has 1 heterocycles. The maximum Gasteiger partial charge on any atom is 0.192 e. The van der Waals surface area contributed by atoms with Crippen molar-refractivity contribution in [2.45, 2.75) is 37.4 Å². The number of rotatable bonds is 5. The predicted molar refractivity (Wildman–Crippen MR) is 79.5 cm³/mol. The molecule has 0 fully saturated rings. The van der Waals surface area contributed by atoms with Gasteiger partial charge in [-0.2, -0.15) is 0 Å².